The molecule has 122 valence electrons. The van der Waals surface area contributed by atoms with Gasteiger partial charge < -0.3 is 14.2 Å². The highest BCUT2D eigenvalue weighted by molar-refractivity contribution is 5.86. The summed E-state index contributed by atoms with van der Waals surface area (Å²) in [6.45, 7) is 5.57. The number of hydrogen-bond donors (Lipinski definition) is 0. The molecule has 6 heteroatoms. The highest BCUT2D eigenvalue weighted by atomic mass is 16.6. The molecule has 0 aromatic rings. The van der Waals surface area contributed by atoms with Crippen LogP contribution in [0.4, 0.5) is 0 Å². The van der Waals surface area contributed by atoms with Gasteiger partial charge in [-0.1, -0.05) is 6.92 Å². The molecule has 2 saturated carbocycles. The fourth-order valence-electron chi connectivity index (χ4n) is 4.03. The Hall–Kier alpha value is -1.59. The smallest absolute Gasteiger partial charge is 0.311 e. The Morgan fingerprint density at radius 1 is 1.32 bits per heavy atom. The van der Waals surface area contributed by atoms with Crippen LogP contribution in [0.3, 0.4) is 0 Å². The van der Waals surface area contributed by atoms with Crippen LogP contribution in [0, 0.1) is 29.1 Å². The lowest BCUT2D eigenvalue weighted by Crippen LogP contribution is -2.45. The molecule has 2 bridgehead atoms. The third-order valence-electron chi connectivity index (χ3n) is 5.70. The lowest BCUT2D eigenvalue weighted by atomic mass is 9.78. The highest BCUT2D eigenvalue weighted by Gasteiger charge is 2.70. The predicted molar refractivity (Wildman–Crippen MR) is 74.4 cm³/mol. The Balaban J connectivity index is 1.84. The third kappa shape index (κ3) is 1.96. The van der Waals surface area contributed by atoms with Gasteiger partial charge in [0, 0.05) is 11.8 Å². The van der Waals surface area contributed by atoms with Crippen molar-refractivity contribution in [2.24, 2.45) is 29.1 Å². The van der Waals surface area contributed by atoms with Gasteiger partial charge in [-0.2, -0.15) is 0 Å². The van der Waals surface area contributed by atoms with Gasteiger partial charge in [0.25, 0.3) is 0 Å². The van der Waals surface area contributed by atoms with Gasteiger partial charge in [0.05, 0.1) is 24.4 Å². The number of esters is 3. The zero-order valence-corrected chi connectivity index (χ0v) is 13.3. The van der Waals surface area contributed by atoms with E-state index in [1.807, 2.05) is 20.8 Å². The number of ether oxygens (including phenoxy) is 3. The first-order valence-corrected chi connectivity index (χ1v) is 7.81. The van der Waals surface area contributed by atoms with E-state index in [0.29, 0.717) is 12.8 Å². The molecular formula is C16H22O6. The van der Waals surface area contributed by atoms with Crippen LogP contribution in [-0.2, 0) is 28.6 Å². The maximum absolute atomic E-state index is 12.4. The van der Waals surface area contributed by atoms with Crippen LogP contribution in [0.25, 0.3) is 0 Å². The number of hydrogen-bond acceptors (Lipinski definition) is 6. The van der Waals surface area contributed by atoms with E-state index in [9.17, 15) is 14.4 Å². The lowest BCUT2D eigenvalue weighted by Gasteiger charge is -2.32. The number of methoxy groups -OCH3 is 1. The molecule has 0 spiro atoms. The summed E-state index contributed by atoms with van der Waals surface area (Å²) < 4.78 is 15.9. The second-order valence-corrected chi connectivity index (χ2v) is 7.15. The summed E-state index contributed by atoms with van der Waals surface area (Å²) in [5.74, 6) is -2.29. The summed E-state index contributed by atoms with van der Waals surface area (Å²) >= 11 is 0. The van der Waals surface area contributed by atoms with E-state index >= 15 is 0 Å². The molecule has 3 fully saturated rings. The minimum Gasteiger partial charge on any atom is -0.469 e. The molecule has 1 saturated heterocycles. The van der Waals surface area contributed by atoms with Crippen molar-refractivity contribution in [3.8, 4) is 0 Å². The molecule has 3 aliphatic rings. The molecule has 1 heterocycles. The first-order chi connectivity index (χ1) is 10.3. The summed E-state index contributed by atoms with van der Waals surface area (Å²) in [4.78, 5) is 36.4. The topological polar surface area (TPSA) is 78.9 Å². The van der Waals surface area contributed by atoms with E-state index in [1.165, 1.54) is 7.11 Å². The second kappa shape index (κ2) is 4.96. The Morgan fingerprint density at radius 2 is 2.00 bits per heavy atom. The van der Waals surface area contributed by atoms with Crippen molar-refractivity contribution in [3.05, 3.63) is 0 Å². The van der Waals surface area contributed by atoms with Crippen molar-refractivity contribution >= 4 is 17.9 Å². The molecule has 2 aliphatic carbocycles. The Labute approximate surface area is 129 Å². The largest absolute Gasteiger partial charge is 0.469 e. The first-order valence-electron chi connectivity index (χ1n) is 7.81. The van der Waals surface area contributed by atoms with E-state index < -0.39 is 35.4 Å². The molecule has 0 aromatic heterocycles. The quantitative estimate of drug-likeness (QED) is 0.575. The van der Waals surface area contributed by atoms with Gasteiger partial charge in [-0.15, -0.1) is 0 Å². The van der Waals surface area contributed by atoms with Gasteiger partial charge in [0.2, 0.25) is 0 Å². The zero-order chi connectivity index (χ0) is 16.2. The van der Waals surface area contributed by atoms with Crippen molar-refractivity contribution in [2.45, 2.75) is 45.8 Å². The molecular weight excluding hydrogens is 288 g/mol. The molecule has 6 unspecified atom stereocenters. The van der Waals surface area contributed by atoms with Gasteiger partial charge in [0.1, 0.15) is 12.2 Å². The summed E-state index contributed by atoms with van der Waals surface area (Å²) in [5, 5.41) is 0. The summed E-state index contributed by atoms with van der Waals surface area (Å²) in [6, 6.07) is 0. The minimum absolute atomic E-state index is 0.0378. The fourth-order valence-corrected chi connectivity index (χ4v) is 4.03. The third-order valence-corrected chi connectivity index (χ3v) is 5.70. The van der Waals surface area contributed by atoms with Crippen molar-refractivity contribution in [1.82, 2.24) is 0 Å². The fraction of sp³-hybridized carbons (Fsp3) is 0.812. The molecule has 3 rings (SSSR count). The summed E-state index contributed by atoms with van der Waals surface area (Å²) in [6.07, 6.45) is 0.390. The van der Waals surface area contributed by atoms with Gasteiger partial charge in [-0.05, 0) is 26.7 Å². The van der Waals surface area contributed by atoms with Crippen LogP contribution in [0.2, 0.25) is 0 Å². The van der Waals surface area contributed by atoms with Crippen molar-refractivity contribution in [2.75, 3.05) is 7.11 Å². The molecule has 0 amide bonds. The van der Waals surface area contributed by atoms with Crippen LogP contribution in [0.1, 0.15) is 33.6 Å². The highest BCUT2D eigenvalue weighted by Crippen LogP contribution is 2.59. The molecule has 6 atom stereocenters. The number of carbonyl (C=O) groups is 3. The van der Waals surface area contributed by atoms with Gasteiger partial charge >= 0.3 is 17.9 Å². The van der Waals surface area contributed by atoms with Crippen LogP contribution >= 0.6 is 0 Å². The van der Waals surface area contributed by atoms with Crippen LogP contribution < -0.4 is 0 Å². The maximum Gasteiger partial charge on any atom is 0.311 e. The Morgan fingerprint density at radius 3 is 2.59 bits per heavy atom. The van der Waals surface area contributed by atoms with E-state index in [-0.39, 0.29) is 23.8 Å². The number of rotatable bonds is 4. The summed E-state index contributed by atoms with van der Waals surface area (Å²) in [5.41, 5.74) is -0.593. The normalized spacial score (nSPS) is 38.8. The first kappa shape index (κ1) is 15.3. The van der Waals surface area contributed by atoms with Crippen LogP contribution in [-0.4, -0.2) is 37.2 Å². The Bertz CT molecular complexity index is 525. The van der Waals surface area contributed by atoms with E-state index in [4.69, 9.17) is 14.2 Å². The molecule has 1 aliphatic heterocycles. The summed E-state index contributed by atoms with van der Waals surface area (Å²) in [7, 11) is 1.31. The minimum atomic E-state index is -0.593. The van der Waals surface area contributed by atoms with Gasteiger partial charge in [0.15, 0.2) is 0 Å². The van der Waals surface area contributed by atoms with Gasteiger partial charge in [-0.25, -0.2) is 0 Å². The second-order valence-electron chi connectivity index (χ2n) is 7.15. The maximum atomic E-state index is 12.4. The number of carbonyl (C=O) groups excluding carboxylic acids is 3. The molecule has 6 nitrogen and oxygen atoms in total. The van der Waals surface area contributed by atoms with E-state index in [2.05, 4.69) is 0 Å². The van der Waals surface area contributed by atoms with E-state index in [0.717, 1.165) is 0 Å². The Kier molecular flexibility index (Phi) is 3.45. The average Bonchev–Trinajstić information content (AvgIpc) is 3.09. The van der Waals surface area contributed by atoms with Gasteiger partial charge in [-0.3, -0.25) is 14.4 Å². The lowest BCUT2D eigenvalue weighted by molar-refractivity contribution is -0.173. The van der Waals surface area contributed by atoms with Crippen LogP contribution in [0.15, 0.2) is 0 Å². The van der Waals surface area contributed by atoms with Crippen molar-refractivity contribution in [3.63, 3.8) is 0 Å². The molecule has 0 radical (unpaired) electrons. The SMILES string of the molecule is CCC(C)(C)C(=O)OC1C2CC3C1OC(=O)C3C2C(=O)OC. The van der Waals surface area contributed by atoms with Crippen molar-refractivity contribution < 1.29 is 28.6 Å². The molecule has 22 heavy (non-hydrogen) atoms. The molecule has 0 N–H and O–H groups in total. The number of fused-ring (bicyclic) bond motifs is 1. The van der Waals surface area contributed by atoms with Crippen molar-refractivity contribution in [1.29, 1.82) is 0 Å². The van der Waals surface area contributed by atoms with Crippen LogP contribution in [0.5, 0.6) is 0 Å². The predicted octanol–water partition coefficient (Wildman–Crippen LogP) is 1.31. The standard InChI is InChI=1S/C16H22O6/c1-5-16(2,3)15(19)22-12-7-6-8-10(9(7)13(17)20-4)14(18)21-11(8)12/h7-12H,5-6H2,1-4H3. The van der Waals surface area contributed by atoms with E-state index in [1.54, 1.807) is 0 Å². The monoisotopic (exact) mass is 310 g/mol. The zero-order valence-electron chi connectivity index (χ0n) is 13.3. The molecule has 0 aromatic carbocycles. The average molecular weight is 310 g/mol.